The van der Waals surface area contributed by atoms with E-state index in [9.17, 15) is 22.8 Å². The Morgan fingerprint density at radius 2 is 2.00 bits per heavy atom. The fraction of sp³-hybridized carbons (Fsp3) is 0.550. The predicted octanol–water partition coefficient (Wildman–Crippen LogP) is 0.642. The van der Waals surface area contributed by atoms with Crippen LogP contribution < -0.4 is 15.5 Å². The Bertz CT molecular complexity index is 1040. The molecular formula is C20H27Cl2N5O5S. The first-order valence-corrected chi connectivity index (χ1v) is 12.8. The number of alkyl halides is 2. The molecule has 1 aromatic rings. The van der Waals surface area contributed by atoms with Crippen molar-refractivity contribution in [2.45, 2.75) is 35.4 Å². The first-order valence-electron chi connectivity index (χ1n) is 10.4. The summed E-state index contributed by atoms with van der Waals surface area (Å²) >= 11 is 11.9. The van der Waals surface area contributed by atoms with Crippen molar-refractivity contribution >= 4 is 56.6 Å². The van der Waals surface area contributed by atoms with E-state index in [1.165, 1.54) is 6.07 Å². The number of sulfonamides is 1. The number of likely N-dealkylation sites (tertiary alicyclic amines) is 1. The summed E-state index contributed by atoms with van der Waals surface area (Å²) in [5.41, 5.74) is 3.51. The molecule has 3 amide bonds. The molecule has 10 nitrogen and oxygen atoms in total. The van der Waals surface area contributed by atoms with Gasteiger partial charge in [0.2, 0.25) is 21.8 Å². The third-order valence-electron chi connectivity index (χ3n) is 5.68. The molecule has 3 unspecified atom stereocenters. The Morgan fingerprint density at radius 1 is 1.27 bits per heavy atom. The van der Waals surface area contributed by atoms with Gasteiger partial charge < -0.3 is 10.2 Å². The highest BCUT2D eigenvalue weighted by atomic mass is 35.5. The molecule has 2 aliphatic heterocycles. The maximum absolute atomic E-state index is 12.9. The summed E-state index contributed by atoms with van der Waals surface area (Å²) in [6, 6.07) is 4.52. The summed E-state index contributed by atoms with van der Waals surface area (Å²) in [4.78, 5) is 38.1. The van der Waals surface area contributed by atoms with Gasteiger partial charge in [0.05, 0.1) is 10.3 Å². The number of nitrogens with one attached hydrogen (secondary N) is 3. The monoisotopic (exact) mass is 519 g/mol. The average Bonchev–Trinajstić information content (AvgIpc) is 2.76. The van der Waals surface area contributed by atoms with Gasteiger partial charge in [-0.1, -0.05) is 6.07 Å². The van der Waals surface area contributed by atoms with Crippen LogP contribution in [0.25, 0.3) is 0 Å². The molecule has 2 aliphatic rings. The van der Waals surface area contributed by atoms with Gasteiger partial charge in [0.15, 0.2) is 0 Å². The van der Waals surface area contributed by atoms with Crippen molar-refractivity contribution in [1.29, 1.82) is 0 Å². The molecule has 3 N–H and O–H groups in total. The van der Waals surface area contributed by atoms with Gasteiger partial charge in [-0.2, -0.15) is 0 Å². The number of hydrogen-bond donors (Lipinski definition) is 3. The molecule has 2 heterocycles. The summed E-state index contributed by atoms with van der Waals surface area (Å²) in [6.07, 6.45) is 1.02. The Labute approximate surface area is 203 Å². The highest BCUT2D eigenvalue weighted by molar-refractivity contribution is 7.89. The highest BCUT2D eigenvalue weighted by Gasteiger charge is 2.35. The van der Waals surface area contributed by atoms with Gasteiger partial charge in [0.25, 0.3) is 5.91 Å². The first-order chi connectivity index (χ1) is 15.5. The van der Waals surface area contributed by atoms with Gasteiger partial charge in [-0.15, -0.1) is 23.2 Å². The van der Waals surface area contributed by atoms with Crippen LogP contribution in [0.4, 0.5) is 5.69 Å². The number of benzene rings is 1. The van der Waals surface area contributed by atoms with Gasteiger partial charge in [0, 0.05) is 38.8 Å². The summed E-state index contributed by atoms with van der Waals surface area (Å²) in [5.74, 6) is -1.12. The minimum Gasteiger partial charge on any atom is -0.346 e. The maximum Gasteiger partial charge on any atom is 0.256 e. The van der Waals surface area contributed by atoms with E-state index in [0.29, 0.717) is 18.5 Å². The lowest BCUT2D eigenvalue weighted by molar-refractivity contribution is -0.139. The van der Waals surface area contributed by atoms with Gasteiger partial charge >= 0.3 is 0 Å². The summed E-state index contributed by atoms with van der Waals surface area (Å²) in [7, 11) is -2.14. The zero-order chi connectivity index (χ0) is 24.3. The van der Waals surface area contributed by atoms with Crippen LogP contribution in [0.3, 0.4) is 0 Å². The number of aryl methyl sites for hydroxylation is 1. The lowest BCUT2D eigenvalue weighted by Crippen LogP contribution is -2.58. The Balaban J connectivity index is 1.63. The van der Waals surface area contributed by atoms with Crippen LogP contribution in [0.5, 0.6) is 0 Å². The Morgan fingerprint density at radius 3 is 2.70 bits per heavy atom. The van der Waals surface area contributed by atoms with E-state index in [0.717, 1.165) is 11.4 Å². The van der Waals surface area contributed by atoms with Crippen molar-refractivity contribution in [3.8, 4) is 0 Å². The number of carbonyl (C=O) groups excluding carboxylic acids is 3. The molecule has 0 radical (unpaired) electrons. The SMILES string of the molecule is Cc1ccc(NC(=O)CN2NCC(Cl)C(Cl)C2=O)cc1S(=O)(=O)NCC1CCN(C)C(=O)C1. The van der Waals surface area contributed by atoms with Crippen LogP contribution in [0.2, 0.25) is 0 Å². The zero-order valence-electron chi connectivity index (χ0n) is 18.3. The van der Waals surface area contributed by atoms with Gasteiger partial charge in [0.1, 0.15) is 11.9 Å². The van der Waals surface area contributed by atoms with Crippen molar-refractivity contribution < 1.29 is 22.8 Å². The number of amides is 3. The smallest absolute Gasteiger partial charge is 0.256 e. The van der Waals surface area contributed by atoms with Crippen LogP contribution >= 0.6 is 23.2 Å². The third-order valence-corrected chi connectivity index (χ3v) is 8.28. The van der Waals surface area contributed by atoms with Gasteiger partial charge in [-0.05, 0) is 37.0 Å². The molecule has 33 heavy (non-hydrogen) atoms. The lowest BCUT2D eigenvalue weighted by Gasteiger charge is -2.32. The molecule has 0 spiro atoms. The van der Waals surface area contributed by atoms with Crippen LogP contribution in [0.15, 0.2) is 23.1 Å². The molecule has 3 rings (SSSR count). The number of piperidine rings is 1. The first kappa shape index (κ1) is 25.7. The predicted molar refractivity (Wildman–Crippen MR) is 124 cm³/mol. The number of hydrogen-bond acceptors (Lipinski definition) is 6. The average molecular weight is 520 g/mol. The van der Waals surface area contributed by atoms with Crippen molar-refractivity contribution in [3.63, 3.8) is 0 Å². The van der Waals surface area contributed by atoms with E-state index in [4.69, 9.17) is 23.2 Å². The fourth-order valence-corrected chi connectivity index (χ4v) is 5.38. The number of nitrogens with zero attached hydrogens (tertiary/aromatic N) is 2. The van der Waals surface area contributed by atoms with Crippen molar-refractivity contribution in [2.24, 2.45) is 5.92 Å². The van der Waals surface area contributed by atoms with E-state index >= 15 is 0 Å². The minimum absolute atomic E-state index is 0.00456. The summed E-state index contributed by atoms with van der Waals surface area (Å²) in [6.45, 7) is 2.32. The molecule has 2 saturated heterocycles. The second-order valence-corrected chi connectivity index (χ2v) is 11.0. The van der Waals surface area contributed by atoms with E-state index in [2.05, 4.69) is 15.5 Å². The third kappa shape index (κ3) is 6.36. The Kier molecular flexibility index (Phi) is 8.22. The molecule has 13 heteroatoms. The summed E-state index contributed by atoms with van der Waals surface area (Å²) in [5, 5.41) is 2.16. The quantitative estimate of drug-likeness (QED) is 0.453. The van der Waals surface area contributed by atoms with E-state index in [1.54, 1.807) is 31.0 Å². The topological polar surface area (TPSA) is 128 Å². The van der Waals surface area contributed by atoms with Crippen LogP contribution in [-0.2, 0) is 24.4 Å². The van der Waals surface area contributed by atoms with Gasteiger partial charge in [-0.25, -0.2) is 18.6 Å². The fourth-order valence-electron chi connectivity index (χ4n) is 3.61. The molecule has 2 fully saturated rings. The number of hydrazine groups is 1. The molecule has 182 valence electrons. The van der Waals surface area contributed by atoms with Gasteiger partial charge in [-0.3, -0.25) is 19.4 Å². The molecule has 1 aromatic carbocycles. The molecule has 0 bridgehead atoms. The standard InChI is InChI=1S/C20H27Cl2N5O5S/c1-12-3-4-14(25-17(28)11-27-20(30)19(22)15(21)10-23-27)8-16(12)33(31,32)24-9-13-5-6-26(2)18(29)7-13/h3-4,8,13,15,19,23-24H,5-7,9-11H2,1-2H3,(H,25,28). The van der Waals surface area contributed by atoms with E-state index < -0.39 is 32.6 Å². The van der Waals surface area contributed by atoms with E-state index in [-0.39, 0.29) is 42.0 Å². The van der Waals surface area contributed by atoms with Crippen molar-refractivity contribution in [1.82, 2.24) is 20.1 Å². The molecule has 0 saturated carbocycles. The number of rotatable bonds is 7. The molecule has 0 aromatic heterocycles. The Hall–Kier alpha value is -1.92. The number of halogens is 2. The van der Waals surface area contributed by atoms with Crippen molar-refractivity contribution in [2.75, 3.05) is 38.5 Å². The normalized spacial score (nSPS) is 24.2. The summed E-state index contributed by atoms with van der Waals surface area (Å²) < 4.78 is 28.4. The van der Waals surface area contributed by atoms with Crippen LogP contribution in [-0.4, -0.2) is 80.0 Å². The molecular weight excluding hydrogens is 493 g/mol. The zero-order valence-corrected chi connectivity index (χ0v) is 20.6. The second kappa shape index (κ2) is 10.6. The molecule has 0 aliphatic carbocycles. The second-order valence-electron chi connectivity index (χ2n) is 8.26. The number of carbonyl (C=O) groups is 3. The van der Waals surface area contributed by atoms with Crippen molar-refractivity contribution in [3.05, 3.63) is 23.8 Å². The van der Waals surface area contributed by atoms with Crippen LogP contribution in [0.1, 0.15) is 18.4 Å². The highest BCUT2D eigenvalue weighted by Crippen LogP contribution is 2.22. The van der Waals surface area contributed by atoms with Crippen LogP contribution in [0, 0.1) is 12.8 Å². The minimum atomic E-state index is -3.86. The molecule has 3 atom stereocenters. The lowest BCUT2D eigenvalue weighted by atomic mass is 9.97. The largest absolute Gasteiger partial charge is 0.346 e. The van der Waals surface area contributed by atoms with E-state index in [1.807, 2.05) is 0 Å². The number of anilines is 1. The maximum atomic E-state index is 12.9.